The Balaban J connectivity index is 0. The maximum Gasteiger partial charge on any atom is 0.102 e. The van der Waals surface area contributed by atoms with Crippen LogP contribution in [0.25, 0.3) is 0 Å². The van der Waals surface area contributed by atoms with Gasteiger partial charge in [0.2, 0.25) is 0 Å². The van der Waals surface area contributed by atoms with E-state index in [0.29, 0.717) is 0 Å². The average molecular weight is 260 g/mol. The van der Waals surface area contributed by atoms with Gasteiger partial charge in [-0.2, -0.15) is 0 Å². The van der Waals surface area contributed by atoms with Crippen molar-refractivity contribution in [2.45, 2.75) is 6.92 Å². The van der Waals surface area contributed by atoms with Crippen LogP contribution in [0.15, 0.2) is 0 Å². The smallest absolute Gasteiger partial charge is 0.102 e. The van der Waals surface area contributed by atoms with Crippen molar-refractivity contribution < 1.29 is 9.22 Å². The fraction of sp³-hybridized carbons (Fsp3) is 1.00. The topological polar surface area (TPSA) is 9.23 Å². The lowest BCUT2D eigenvalue weighted by molar-refractivity contribution is -0.870. The summed E-state index contributed by atoms with van der Waals surface area (Å²) in [6.45, 7) is 4.82. The molecule has 0 aromatic carbocycles. The summed E-state index contributed by atoms with van der Waals surface area (Å²) in [5, 5.41) is 0. The van der Waals surface area contributed by atoms with Gasteiger partial charge < -0.3 is 9.22 Å². The molecule has 0 bridgehead atoms. The minimum Gasteiger partial charge on any atom is -0.376 e. The molecule has 0 N–H and O–H groups in total. The van der Waals surface area contributed by atoms with Crippen LogP contribution >= 0.6 is 24.0 Å². The van der Waals surface area contributed by atoms with E-state index in [4.69, 9.17) is 4.74 Å². The van der Waals surface area contributed by atoms with Crippen LogP contribution in [0.4, 0.5) is 0 Å². The van der Waals surface area contributed by atoms with Crippen molar-refractivity contribution in [1.82, 2.24) is 0 Å². The molecule has 0 saturated heterocycles. The standard InChI is InChI=1S/C7H18NO.HI/c1-5-9-7-6-8(2,3)4;/h5-7H2,1-4H3;1H/q+1;. The van der Waals surface area contributed by atoms with E-state index >= 15 is 0 Å². The molecule has 0 aliphatic carbocycles. The Morgan fingerprint density at radius 2 is 1.70 bits per heavy atom. The number of likely N-dealkylation sites (N-methyl/N-ethyl adjacent to an activating group) is 1. The van der Waals surface area contributed by atoms with Gasteiger partial charge in [-0.1, -0.05) is 0 Å². The van der Waals surface area contributed by atoms with Crippen LogP contribution in [0, 0.1) is 0 Å². The molecule has 0 unspecified atom stereocenters. The van der Waals surface area contributed by atoms with Gasteiger partial charge in [-0.05, 0) is 6.92 Å². The van der Waals surface area contributed by atoms with Crippen LogP contribution in [0.1, 0.15) is 6.92 Å². The molecule has 64 valence electrons. The van der Waals surface area contributed by atoms with E-state index in [2.05, 4.69) is 21.1 Å². The first kappa shape index (κ1) is 13.3. The van der Waals surface area contributed by atoms with E-state index in [0.717, 1.165) is 24.2 Å². The van der Waals surface area contributed by atoms with Crippen molar-refractivity contribution in [2.24, 2.45) is 0 Å². The molecule has 0 rings (SSSR count). The summed E-state index contributed by atoms with van der Waals surface area (Å²) in [5.74, 6) is 0. The summed E-state index contributed by atoms with van der Waals surface area (Å²) in [6.07, 6.45) is 0. The van der Waals surface area contributed by atoms with Crippen molar-refractivity contribution in [3.05, 3.63) is 0 Å². The highest BCUT2D eigenvalue weighted by atomic mass is 127. The van der Waals surface area contributed by atoms with Gasteiger partial charge >= 0.3 is 0 Å². The van der Waals surface area contributed by atoms with Crippen molar-refractivity contribution in [1.29, 1.82) is 0 Å². The van der Waals surface area contributed by atoms with Crippen molar-refractivity contribution in [3.63, 3.8) is 0 Å². The first-order valence-electron chi connectivity index (χ1n) is 3.44. The van der Waals surface area contributed by atoms with Crippen LogP contribution in [-0.4, -0.2) is 45.4 Å². The molecule has 0 radical (unpaired) electrons. The third-order valence-corrected chi connectivity index (χ3v) is 1.11. The molecule has 0 aliphatic rings. The summed E-state index contributed by atoms with van der Waals surface area (Å²) in [4.78, 5) is 0. The molecule has 2 nitrogen and oxygen atoms in total. The van der Waals surface area contributed by atoms with Crippen molar-refractivity contribution >= 4 is 24.0 Å². The molecule has 0 aliphatic heterocycles. The van der Waals surface area contributed by atoms with Gasteiger partial charge in [0.15, 0.2) is 0 Å². The SMILES string of the molecule is CCOCC[N+](C)(C)C.I. The largest absolute Gasteiger partial charge is 0.376 e. The maximum absolute atomic E-state index is 5.19. The van der Waals surface area contributed by atoms with E-state index in [9.17, 15) is 0 Å². The highest BCUT2D eigenvalue weighted by Gasteiger charge is 2.04. The zero-order valence-electron chi connectivity index (χ0n) is 7.39. The number of hydrogen-bond acceptors (Lipinski definition) is 1. The van der Waals surface area contributed by atoms with Gasteiger partial charge in [-0.15, -0.1) is 24.0 Å². The van der Waals surface area contributed by atoms with E-state index in [-0.39, 0.29) is 24.0 Å². The molecule has 3 heteroatoms. The second-order valence-corrected chi connectivity index (χ2v) is 3.21. The van der Waals surface area contributed by atoms with Crippen LogP contribution in [0.3, 0.4) is 0 Å². The summed E-state index contributed by atoms with van der Waals surface area (Å²) < 4.78 is 6.18. The van der Waals surface area contributed by atoms with E-state index in [1.165, 1.54) is 0 Å². The second kappa shape index (κ2) is 6.37. The van der Waals surface area contributed by atoms with Crippen LogP contribution < -0.4 is 0 Å². The molecular formula is C7H19INO+. The predicted molar refractivity (Wildman–Crippen MR) is 54.8 cm³/mol. The lowest BCUT2D eigenvalue weighted by Crippen LogP contribution is -2.37. The van der Waals surface area contributed by atoms with E-state index in [1.807, 2.05) is 6.92 Å². The van der Waals surface area contributed by atoms with Crippen LogP contribution in [-0.2, 0) is 4.74 Å². The molecule has 0 heterocycles. The first-order chi connectivity index (χ1) is 4.06. The number of hydrogen-bond donors (Lipinski definition) is 0. The zero-order chi connectivity index (χ0) is 7.33. The molecule has 0 amide bonds. The van der Waals surface area contributed by atoms with Gasteiger partial charge in [0.1, 0.15) is 6.54 Å². The van der Waals surface area contributed by atoms with Crippen LogP contribution in [0.5, 0.6) is 0 Å². The zero-order valence-corrected chi connectivity index (χ0v) is 9.72. The third kappa shape index (κ3) is 11.4. The Morgan fingerprint density at radius 3 is 2.00 bits per heavy atom. The Hall–Kier alpha value is 0.650. The number of ether oxygens (including phenoxy) is 1. The Labute approximate surface area is 81.2 Å². The highest BCUT2D eigenvalue weighted by molar-refractivity contribution is 14.0. The Kier molecular flexibility index (Phi) is 8.44. The van der Waals surface area contributed by atoms with Gasteiger partial charge in [0, 0.05) is 6.61 Å². The number of nitrogens with zero attached hydrogens (tertiary/aromatic N) is 1. The van der Waals surface area contributed by atoms with Gasteiger partial charge in [0.05, 0.1) is 27.7 Å². The van der Waals surface area contributed by atoms with Gasteiger partial charge in [-0.25, -0.2) is 0 Å². The average Bonchev–Trinajstić information content (AvgIpc) is 1.63. The number of rotatable bonds is 4. The summed E-state index contributed by atoms with van der Waals surface area (Å²) >= 11 is 0. The molecular weight excluding hydrogens is 241 g/mol. The Morgan fingerprint density at radius 1 is 1.20 bits per heavy atom. The molecule has 0 fully saturated rings. The van der Waals surface area contributed by atoms with Crippen molar-refractivity contribution in [3.8, 4) is 0 Å². The van der Waals surface area contributed by atoms with Gasteiger partial charge in [-0.3, -0.25) is 0 Å². The fourth-order valence-corrected chi connectivity index (χ4v) is 0.483. The summed E-state index contributed by atoms with van der Waals surface area (Å²) in [6, 6.07) is 0. The molecule has 0 aromatic rings. The number of quaternary nitrogens is 1. The maximum atomic E-state index is 5.19. The predicted octanol–water partition coefficient (Wildman–Crippen LogP) is 1.35. The molecule has 0 saturated carbocycles. The monoisotopic (exact) mass is 260 g/mol. The highest BCUT2D eigenvalue weighted by Crippen LogP contribution is 1.88. The molecule has 0 spiro atoms. The minimum absolute atomic E-state index is 0. The lowest BCUT2D eigenvalue weighted by Gasteiger charge is -2.23. The van der Waals surface area contributed by atoms with Crippen LogP contribution in [0.2, 0.25) is 0 Å². The van der Waals surface area contributed by atoms with Gasteiger partial charge in [0.25, 0.3) is 0 Å². The fourth-order valence-electron chi connectivity index (χ4n) is 0.483. The van der Waals surface area contributed by atoms with Crippen molar-refractivity contribution in [2.75, 3.05) is 40.9 Å². The number of halogens is 1. The normalized spacial score (nSPS) is 10.8. The molecule has 0 atom stereocenters. The van der Waals surface area contributed by atoms with E-state index < -0.39 is 0 Å². The quantitative estimate of drug-likeness (QED) is 0.421. The molecule has 0 aromatic heterocycles. The lowest BCUT2D eigenvalue weighted by atomic mass is 10.5. The van der Waals surface area contributed by atoms with E-state index in [1.54, 1.807) is 0 Å². The molecule has 10 heavy (non-hydrogen) atoms. The first-order valence-corrected chi connectivity index (χ1v) is 3.44. The summed E-state index contributed by atoms with van der Waals surface area (Å²) in [7, 11) is 6.50. The Bertz CT molecular complexity index is 70.5. The third-order valence-electron chi connectivity index (χ3n) is 1.11. The summed E-state index contributed by atoms with van der Waals surface area (Å²) in [5.41, 5.74) is 0. The minimum atomic E-state index is 0. The second-order valence-electron chi connectivity index (χ2n) is 3.21.